The first-order valence-electron chi connectivity index (χ1n) is 6.66. The van der Waals surface area contributed by atoms with Crippen LogP contribution in [-0.4, -0.2) is 33.6 Å². The lowest BCUT2D eigenvalue weighted by Gasteiger charge is -2.17. The number of rotatable bonds is 5. The molecule has 0 aliphatic heterocycles. The number of nitrogens with zero attached hydrogens (tertiary/aromatic N) is 3. The lowest BCUT2D eigenvalue weighted by atomic mass is 10.2. The van der Waals surface area contributed by atoms with Crippen molar-refractivity contribution in [1.29, 1.82) is 0 Å². The third-order valence-corrected chi connectivity index (χ3v) is 3.98. The van der Waals surface area contributed by atoms with Crippen molar-refractivity contribution in [3.63, 3.8) is 0 Å². The van der Waals surface area contributed by atoms with Crippen molar-refractivity contribution in [3.8, 4) is 0 Å². The Balaban J connectivity index is 1.91. The second kappa shape index (κ2) is 7.47. The second-order valence-corrected chi connectivity index (χ2v) is 6.26. The molecule has 0 unspecified atom stereocenters. The summed E-state index contributed by atoms with van der Waals surface area (Å²) in [7, 11) is 1.76. The minimum atomic E-state index is -0.00588. The van der Waals surface area contributed by atoms with Crippen LogP contribution in [0.1, 0.15) is 11.3 Å². The van der Waals surface area contributed by atoms with E-state index in [1.165, 1.54) is 11.8 Å². The van der Waals surface area contributed by atoms with Crippen molar-refractivity contribution in [3.05, 3.63) is 46.6 Å². The molecule has 0 saturated carbocycles. The van der Waals surface area contributed by atoms with E-state index in [0.29, 0.717) is 22.5 Å². The Morgan fingerprint density at radius 2 is 2.14 bits per heavy atom. The van der Waals surface area contributed by atoms with E-state index >= 15 is 0 Å². The number of halogens is 1. The number of anilines is 1. The van der Waals surface area contributed by atoms with Gasteiger partial charge in [-0.2, -0.15) is 0 Å². The minimum absolute atomic E-state index is 0.00588. The SMILES string of the molecule is Cc1cc(N)nc(SCC(=O)N(C)Cc2cccc(Cl)c2)n1. The average molecular weight is 337 g/mol. The van der Waals surface area contributed by atoms with Gasteiger partial charge in [0.25, 0.3) is 0 Å². The van der Waals surface area contributed by atoms with Gasteiger partial charge in [0.05, 0.1) is 5.75 Å². The Morgan fingerprint density at radius 3 is 2.82 bits per heavy atom. The summed E-state index contributed by atoms with van der Waals surface area (Å²) in [6, 6.07) is 9.16. The maximum absolute atomic E-state index is 12.2. The van der Waals surface area contributed by atoms with E-state index in [4.69, 9.17) is 17.3 Å². The van der Waals surface area contributed by atoms with Gasteiger partial charge in [-0.1, -0.05) is 35.5 Å². The molecule has 0 bridgehead atoms. The van der Waals surface area contributed by atoms with Crippen LogP contribution < -0.4 is 5.73 Å². The van der Waals surface area contributed by atoms with Crippen LogP contribution >= 0.6 is 23.4 Å². The first kappa shape index (κ1) is 16.6. The number of carbonyl (C=O) groups is 1. The molecule has 0 atom stereocenters. The molecule has 1 amide bonds. The summed E-state index contributed by atoms with van der Waals surface area (Å²) in [4.78, 5) is 22.2. The van der Waals surface area contributed by atoms with Gasteiger partial charge in [0.15, 0.2) is 5.16 Å². The number of aryl methyl sites for hydroxylation is 1. The third-order valence-electron chi connectivity index (χ3n) is 2.91. The number of thioether (sulfide) groups is 1. The van der Waals surface area contributed by atoms with Crippen LogP contribution in [0.4, 0.5) is 5.82 Å². The third kappa shape index (κ3) is 4.89. The number of benzene rings is 1. The molecular formula is C15H17ClN4OS. The van der Waals surface area contributed by atoms with Gasteiger partial charge in [-0.3, -0.25) is 4.79 Å². The zero-order valence-corrected chi connectivity index (χ0v) is 14.0. The number of aromatic nitrogens is 2. The van der Waals surface area contributed by atoms with Gasteiger partial charge in [-0.25, -0.2) is 9.97 Å². The molecule has 0 saturated heterocycles. The van der Waals surface area contributed by atoms with Gasteiger partial charge in [0, 0.05) is 30.4 Å². The average Bonchev–Trinajstić information content (AvgIpc) is 2.43. The van der Waals surface area contributed by atoms with Gasteiger partial charge in [-0.05, 0) is 24.6 Å². The molecular weight excluding hydrogens is 320 g/mol. The van der Waals surface area contributed by atoms with Crippen molar-refractivity contribution < 1.29 is 4.79 Å². The van der Waals surface area contributed by atoms with Gasteiger partial charge < -0.3 is 10.6 Å². The fourth-order valence-electron chi connectivity index (χ4n) is 1.86. The summed E-state index contributed by atoms with van der Waals surface area (Å²) in [6.45, 7) is 2.35. The van der Waals surface area contributed by atoms with Crippen LogP contribution in [0.15, 0.2) is 35.5 Å². The maximum atomic E-state index is 12.2. The van der Waals surface area contributed by atoms with E-state index in [2.05, 4.69) is 9.97 Å². The summed E-state index contributed by atoms with van der Waals surface area (Å²) in [5.74, 6) is 0.670. The summed E-state index contributed by atoms with van der Waals surface area (Å²) >= 11 is 7.22. The Morgan fingerprint density at radius 1 is 1.36 bits per heavy atom. The highest BCUT2D eigenvalue weighted by Gasteiger charge is 2.11. The molecule has 0 aliphatic rings. The lowest BCUT2D eigenvalue weighted by molar-refractivity contribution is -0.127. The number of hydrogen-bond donors (Lipinski definition) is 1. The van der Waals surface area contributed by atoms with Crippen LogP contribution in [0.25, 0.3) is 0 Å². The standard InChI is InChI=1S/C15H17ClN4OS/c1-10-6-13(17)19-15(18-10)22-9-14(21)20(2)8-11-4-3-5-12(16)7-11/h3-7H,8-9H2,1-2H3,(H2,17,18,19). The number of amides is 1. The molecule has 22 heavy (non-hydrogen) atoms. The van der Waals surface area contributed by atoms with Crippen molar-refractivity contribution in [2.45, 2.75) is 18.6 Å². The predicted octanol–water partition coefficient (Wildman–Crippen LogP) is 2.77. The first-order valence-corrected chi connectivity index (χ1v) is 8.03. The summed E-state index contributed by atoms with van der Waals surface area (Å²) < 4.78 is 0. The summed E-state index contributed by atoms with van der Waals surface area (Å²) in [6.07, 6.45) is 0. The number of nitrogen functional groups attached to an aromatic ring is 1. The Labute approximate surface area is 138 Å². The van der Waals surface area contributed by atoms with E-state index in [1.807, 2.05) is 31.2 Å². The topological polar surface area (TPSA) is 72.1 Å². The fourth-order valence-corrected chi connectivity index (χ4v) is 2.93. The van der Waals surface area contributed by atoms with Gasteiger partial charge in [-0.15, -0.1) is 0 Å². The monoisotopic (exact) mass is 336 g/mol. The molecule has 116 valence electrons. The molecule has 0 fully saturated rings. The Kier molecular flexibility index (Phi) is 5.63. The smallest absolute Gasteiger partial charge is 0.233 e. The number of hydrogen-bond acceptors (Lipinski definition) is 5. The normalized spacial score (nSPS) is 10.5. The zero-order chi connectivity index (χ0) is 16.1. The molecule has 1 aromatic heterocycles. The first-order chi connectivity index (χ1) is 10.4. The van der Waals surface area contributed by atoms with Crippen LogP contribution in [0.5, 0.6) is 0 Å². The highest BCUT2D eigenvalue weighted by molar-refractivity contribution is 7.99. The summed E-state index contributed by atoms with van der Waals surface area (Å²) in [5.41, 5.74) is 7.45. The molecule has 0 spiro atoms. The number of carbonyl (C=O) groups excluding carboxylic acids is 1. The molecule has 0 radical (unpaired) electrons. The summed E-state index contributed by atoms with van der Waals surface area (Å²) in [5, 5.41) is 1.18. The molecule has 5 nitrogen and oxygen atoms in total. The largest absolute Gasteiger partial charge is 0.384 e. The van der Waals surface area contributed by atoms with Crippen LogP contribution in [0.2, 0.25) is 5.02 Å². The minimum Gasteiger partial charge on any atom is -0.384 e. The maximum Gasteiger partial charge on any atom is 0.233 e. The van der Waals surface area contributed by atoms with Crippen molar-refractivity contribution >= 4 is 35.1 Å². The van der Waals surface area contributed by atoms with Crippen molar-refractivity contribution in [2.24, 2.45) is 0 Å². The highest BCUT2D eigenvalue weighted by atomic mass is 35.5. The van der Waals surface area contributed by atoms with E-state index < -0.39 is 0 Å². The number of nitrogens with two attached hydrogens (primary N) is 1. The van der Waals surface area contributed by atoms with Crippen LogP contribution in [-0.2, 0) is 11.3 Å². The van der Waals surface area contributed by atoms with Gasteiger partial charge >= 0.3 is 0 Å². The van der Waals surface area contributed by atoms with E-state index in [-0.39, 0.29) is 11.7 Å². The lowest BCUT2D eigenvalue weighted by Crippen LogP contribution is -2.27. The highest BCUT2D eigenvalue weighted by Crippen LogP contribution is 2.17. The van der Waals surface area contributed by atoms with Gasteiger partial charge in [0.2, 0.25) is 5.91 Å². The Bertz CT molecular complexity index is 660. The zero-order valence-electron chi connectivity index (χ0n) is 12.4. The molecule has 1 aromatic carbocycles. The Hall–Kier alpha value is -1.79. The van der Waals surface area contributed by atoms with E-state index in [0.717, 1.165) is 11.3 Å². The molecule has 0 aliphatic carbocycles. The van der Waals surface area contributed by atoms with Crippen LogP contribution in [0, 0.1) is 6.92 Å². The van der Waals surface area contributed by atoms with E-state index in [9.17, 15) is 4.79 Å². The molecule has 2 rings (SSSR count). The van der Waals surface area contributed by atoms with Gasteiger partial charge in [0.1, 0.15) is 5.82 Å². The van der Waals surface area contributed by atoms with E-state index in [1.54, 1.807) is 18.0 Å². The molecule has 2 aromatic rings. The molecule has 1 heterocycles. The predicted molar refractivity (Wildman–Crippen MR) is 89.8 cm³/mol. The van der Waals surface area contributed by atoms with Crippen LogP contribution in [0.3, 0.4) is 0 Å². The fraction of sp³-hybridized carbons (Fsp3) is 0.267. The second-order valence-electron chi connectivity index (χ2n) is 4.89. The molecule has 7 heteroatoms. The quantitative estimate of drug-likeness (QED) is 0.671. The van der Waals surface area contributed by atoms with Crippen molar-refractivity contribution in [1.82, 2.24) is 14.9 Å². The molecule has 2 N–H and O–H groups in total. The van der Waals surface area contributed by atoms with Crippen molar-refractivity contribution in [2.75, 3.05) is 18.5 Å².